The normalized spacial score (nSPS) is 15.2. The van der Waals surface area contributed by atoms with Gasteiger partial charge in [0.1, 0.15) is 0 Å². The Balaban J connectivity index is 3.23. The highest BCUT2D eigenvalue weighted by Gasteiger charge is 2.32. The van der Waals surface area contributed by atoms with Crippen molar-refractivity contribution in [3.8, 4) is 0 Å². The highest BCUT2D eigenvalue weighted by Crippen LogP contribution is 2.34. The van der Waals surface area contributed by atoms with E-state index in [1.807, 2.05) is 20.8 Å². The lowest BCUT2D eigenvalue weighted by Crippen LogP contribution is -2.37. The minimum Gasteiger partial charge on any atom is -0.391 e. The zero-order valence-corrected chi connectivity index (χ0v) is 11.3. The molecule has 0 bridgehead atoms. The topological polar surface area (TPSA) is 89.4 Å². The molecular formula is C12H17ClN2O3. The van der Waals surface area contributed by atoms with Gasteiger partial charge in [-0.2, -0.15) is 0 Å². The van der Waals surface area contributed by atoms with Crippen LogP contribution in [-0.4, -0.2) is 16.1 Å². The molecule has 3 N–H and O–H groups in total. The van der Waals surface area contributed by atoms with Crippen LogP contribution in [0.15, 0.2) is 18.2 Å². The van der Waals surface area contributed by atoms with Crippen molar-refractivity contribution in [2.45, 2.75) is 32.9 Å². The molecule has 0 aliphatic heterocycles. The first-order valence-corrected chi connectivity index (χ1v) is 5.90. The molecule has 0 saturated carbocycles. The Bertz CT molecular complexity index is 457. The van der Waals surface area contributed by atoms with E-state index in [1.54, 1.807) is 0 Å². The minimum absolute atomic E-state index is 0.129. The maximum atomic E-state index is 10.9. The van der Waals surface area contributed by atoms with Crippen molar-refractivity contribution in [2.24, 2.45) is 11.1 Å². The average Bonchev–Trinajstić information content (AvgIpc) is 2.25. The molecule has 0 aliphatic carbocycles. The van der Waals surface area contributed by atoms with Crippen molar-refractivity contribution in [1.82, 2.24) is 0 Å². The van der Waals surface area contributed by atoms with Gasteiger partial charge in [0.05, 0.1) is 22.6 Å². The molecular weight excluding hydrogens is 256 g/mol. The Labute approximate surface area is 111 Å². The van der Waals surface area contributed by atoms with E-state index in [2.05, 4.69) is 0 Å². The summed E-state index contributed by atoms with van der Waals surface area (Å²) in [6.07, 6.45) is -0.908. The van der Waals surface area contributed by atoms with E-state index in [0.29, 0.717) is 5.02 Å². The highest BCUT2D eigenvalue weighted by atomic mass is 35.5. The first-order valence-electron chi connectivity index (χ1n) is 5.52. The van der Waals surface area contributed by atoms with Crippen molar-refractivity contribution in [3.05, 3.63) is 38.9 Å². The number of aliphatic hydroxyl groups excluding tert-OH is 1. The lowest BCUT2D eigenvalue weighted by molar-refractivity contribution is -0.385. The van der Waals surface area contributed by atoms with Gasteiger partial charge in [0.25, 0.3) is 5.69 Å². The van der Waals surface area contributed by atoms with Crippen molar-refractivity contribution in [2.75, 3.05) is 0 Å². The Morgan fingerprint density at radius 3 is 2.44 bits per heavy atom. The Kier molecular flexibility index (Phi) is 4.32. The summed E-state index contributed by atoms with van der Waals surface area (Å²) in [5, 5.41) is 21.4. The van der Waals surface area contributed by atoms with Gasteiger partial charge in [-0.3, -0.25) is 10.1 Å². The van der Waals surface area contributed by atoms with Crippen LogP contribution in [0.3, 0.4) is 0 Å². The van der Waals surface area contributed by atoms with Gasteiger partial charge in [0, 0.05) is 11.1 Å². The number of nitrogens with zero attached hydrogens (tertiary/aromatic N) is 1. The largest absolute Gasteiger partial charge is 0.391 e. The zero-order chi connectivity index (χ0) is 14.1. The smallest absolute Gasteiger partial charge is 0.274 e. The summed E-state index contributed by atoms with van der Waals surface area (Å²) in [7, 11) is 0. The second kappa shape index (κ2) is 5.22. The number of benzene rings is 1. The Morgan fingerprint density at radius 2 is 2.00 bits per heavy atom. The van der Waals surface area contributed by atoms with Crippen LogP contribution in [0.4, 0.5) is 5.69 Å². The molecule has 0 fully saturated rings. The molecule has 2 atom stereocenters. The molecule has 1 rings (SSSR count). The molecule has 1 aromatic rings. The van der Waals surface area contributed by atoms with Gasteiger partial charge in [-0.1, -0.05) is 32.4 Å². The van der Waals surface area contributed by atoms with E-state index in [0.717, 1.165) is 0 Å². The molecule has 0 aromatic heterocycles. The third-order valence-corrected chi connectivity index (χ3v) is 3.01. The van der Waals surface area contributed by atoms with E-state index in [-0.39, 0.29) is 11.3 Å². The van der Waals surface area contributed by atoms with Gasteiger partial charge in [-0.25, -0.2) is 0 Å². The van der Waals surface area contributed by atoms with Crippen LogP contribution in [0.1, 0.15) is 32.4 Å². The fraction of sp³-hybridized carbons (Fsp3) is 0.500. The van der Waals surface area contributed by atoms with Crippen LogP contribution in [-0.2, 0) is 0 Å². The highest BCUT2D eigenvalue weighted by molar-refractivity contribution is 6.30. The first kappa shape index (κ1) is 14.9. The molecule has 0 heterocycles. The van der Waals surface area contributed by atoms with Gasteiger partial charge >= 0.3 is 0 Å². The van der Waals surface area contributed by atoms with Crippen molar-refractivity contribution in [1.29, 1.82) is 0 Å². The monoisotopic (exact) mass is 272 g/mol. The summed E-state index contributed by atoms with van der Waals surface area (Å²) < 4.78 is 0. The van der Waals surface area contributed by atoms with Gasteiger partial charge in [-0.15, -0.1) is 0 Å². The van der Waals surface area contributed by atoms with Crippen LogP contribution >= 0.6 is 11.6 Å². The zero-order valence-electron chi connectivity index (χ0n) is 10.6. The molecule has 18 heavy (non-hydrogen) atoms. The van der Waals surface area contributed by atoms with Crippen LogP contribution in [0.25, 0.3) is 0 Å². The molecule has 0 spiro atoms. The van der Waals surface area contributed by atoms with E-state index < -0.39 is 22.5 Å². The number of nitrogens with two attached hydrogens (primary N) is 1. The number of rotatable bonds is 3. The van der Waals surface area contributed by atoms with E-state index >= 15 is 0 Å². The average molecular weight is 273 g/mol. The molecule has 0 amide bonds. The molecule has 0 aliphatic rings. The molecule has 6 heteroatoms. The maximum Gasteiger partial charge on any atom is 0.274 e. The van der Waals surface area contributed by atoms with Crippen LogP contribution in [0, 0.1) is 15.5 Å². The standard InChI is InChI=1S/C12H17ClN2O3/c1-12(2,3)11(16)10(14)8-6-7(13)4-5-9(8)15(17)18/h4-6,10-11,16H,14H2,1-3H3/t10-,11-/m1/s1. The lowest BCUT2D eigenvalue weighted by atomic mass is 9.82. The van der Waals surface area contributed by atoms with Gasteiger partial charge in [-0.05, 0) is 17.5 Å². The number of hydrogen-bond acceptors (Lipinski definition) is 4. The lowest BCUT2D eigenvalue weighted by Gasteiger charge is -2.30. The number of nitro groups is 1. The van der Waals surface area contributed by atoms with Crippen molar-refractivity contribution >= 4 is 17.3 Å². The van der Waals surface area contributed by atoms with E-state index in [9.17, 15) is 15.2 Å². The predicted molar refractivity (Wildman–Crippen MR) is 70.5 cm³/mol. The summed E-state index contributed by atoms with van der Waals surface area (Å²) in [6, 6.07) is 3.30. The number of hydrogen-bond donors (Lipinski definition) is 2. The minimum atomic E-state index is -0.908. The van der Waals surface area contributed by atoms with Crippen LogP contribution < -0.4 is 5.73 Å². The molecule has 0 unspecified atom stereocenters. The Hall–Kier alpha value is -1.17. The van der Waals surface area contributed by atoms with Crippen molar-refractivity contribution in [3.63, 3.8) is 0 Å². The molecule has 5 nitrogen and oxygen atoms in total. The van der Waals surface area contributed by atoms with Crippen LogP contribution in [0.2, 0.25) is 5.02 Å². The maximum absolute atomic E-state index is 10.9. The quantitative estimate of drug-likeness (QED) is 0.654. The summed E-state index contributed by atoms with van der Waals surface area (Å²) in [5.74, 6) is 0. The van der Waals surface area contributed by atoms with Gasteiger partial charge < -0.3 is 10.8 Å². The fourth-order valence-electron chi connectivity index (χ4n) is 1.67. The SMILES string of the molecule is CC(C)(C)[C@H](O)[C@H](N)c1cc(Cl)ccc1[N+](=O)[O-]. The van der Waals surface area contributed by atoms with Crippen LogP contribution in [0.5, 0.6) is 0 Å². The third-order valence-electron chi connectivity index (χ3n) is 2.77. The second-order valence-corrected chi connectivity index (χ2v) is 5.73. The molecule has 100 valence electrons. The summed E-state index contributed by atoms with van der Waals surface area (Å²) >= 11 is 5.82. The number of nitro benzene ring substituents is 1. The van der Waals surface area contributed by atoms with Gasteiger partial charge in [0.2, 0.25) is 0 Å². The summed E-state index contributed by atoms with van der Waals surface area (Å²) in [4.78, 5) is 10.4. The molecule has 1 aromatic carbocycles. The van der Waals surface area contributed by atoms with Gasteiger partial charge in [0.15, 0.2) is 0 Å². The van der Waals surface area contributed by atoms with E-state index in [1.165, 1.54) is 18.2 Å². The number of halogens is 1. The molecule has 0 radical (unpaired) electrons. The van der Waals surface area contributed by atoms with E-state index in [4.69, 9.17) is 17.3 Å². The predicted octanol–water partition coefficient (Wildman–Crippen LogP) is 2.66. The first-order chi connectivity index (χ1) is 8.14. The molecule has 0 saturated heterocycles. The summed E-state index contributed by atoms with van der Waals surface area (Å²) in [6.45, 7) is 5.44. The third kappa shape index (κ3) is 3.19. The second-order valence-electron chi connectivity index (χ2n) is 5.30. The Morgan fingerprint density at radius 1 is 1.44 bits per heavy atom. The number of aliphatic hydroxyl groups is 1. The van der Waals surface area contributed by atoms with Crippen molar-refractivity contribution < 1.29 is 10.0 Å². The fourth-order valence-corrected chi connectivity index (χ4v) is 1.85. The summed E-state index contributed by atoms with van der Waals surface area (Å²) in [5.41, 5.74) is 5.56.